The summed E-state index contributed by atoms with van der Waals surface area (Å²) in [4.78, 5) is 27.6. The van der Waals surface area contributed by atoms with Gasteiger partial charge in [-0.2, -0.15) is 4.98 Å². The third kappa shape index (κ3) is 3.64. The Hall–Kier alpha value is -3.36. The number of rotatable bonds is 4. The number of anilines is 1. The van der Waals surface area contributed by atoms with Crippen molar-refractivity contribution in [1.82, 2.24) is 19.7 Å². The van der Waals surface area contributed by atoms with Crippen molar-refractivity contribution in [3.63, 3.8) is 0 Å². The molecule has 7 nitrogen and oxygen atoms in total. The van der Waals surface area contributed by atoms with Gasteiger partial charge in [-0.1, -0.05) is 29.8 Å². The van der Waals surface area contributed by atoms with Crippen molar-refractivity contribution in [3.8, 4) is 11.4 Å². The fraction of sp³-hybridized carbons (Fsp3) is 0.136. The normalized spacial score (nSPS) is 17.7. The van der Waals surface area contributed by atoms with Crippen LogP contribution < -0.4 is 5.32 Å². The molecule has 0 bridgehead atoms. The van der Waals surface area contributed by atoms with Crippen LogP contribution in [0.5, 0.6) is 0 Å². The minimum absolute atomic E-state index is 0.173. The number of amides is 1. The van der Waals surface area contributed by atoms with Crippen molar-refractivity contribution >= 4 is 46.2 Å². The van der Waals surface area contributed by atoms with E-state index in [1.165, 1.54) is 0 Å². The number of aliphatic imine (C=N–C) groups is 1. The molecule has 4 heterocycles. The summed E-state index contributed by atoms with van der Waals surface area (Å²) in [5.41, 5.74) is 2.02. The standard InChI is InChI=1S/C22H17ClN6OS/c1-13-18(21(30)26-14-6-4-10-24-12-14)19(17-9-5-11-31-17)29-22(25-13)27-20(28-29)15-7-2-3-8-16(15)23/h2-12,18-19H,1H3,(H,26,30). The first-order valence-corrected chi connectivity index (χ1v) is 10.9. The number of thiophene rings is 1. The van der Waals surface area contributed by atoms with Gasteiger partial charge in [-0.05, 0) is 42.6 Å². The monoisotopic (exact) mass is 448 g/mol. The fourth-order valence-electron chi connectivity index (χ4n) is 3.67. The zero-order valence-electron chi connectivity index (χ0n) is 16.4. The van der Waals surface area contributed by atoms with Crippen molar-refractivity contribution in [3.05, 3.63) is 76.2 Å². The number of carbonyl (C=O) groups is 1. The SMILES string of the molecule is CC1=Nc2nc(-c3ccccc3Cl)nn2C(c2cccs2)C1C(=O)Nc1cccnc1. The molecule has 1 aliphatic heterocycles. The molecule has 154 valence electrons. The molecule has 0 fully saturated rings. The van der Waals surface area contributed by atoms with E-state index in [-0.39, 0.29) is 11.9 Å². The summed E-state index contributed by atoms with van der Waals surface area (Å²) in [5.74, 6) is 0.212. The van der Waals surface area contributed by atoms with Crippen LogP contribution in [0.1, 0.15) is 17.8 Å². The summed E-state index contributed by atoms with van der Waals surface area (Å²) in [7, 11) is 0. The second-order valence-corrected chi connectivity index (χ2v) is 8.47. The van der Waals surface area contributed by atoms with E-state index in [0.717, 1.165) is 10.4 Å². The molecule has 1 N–H and O–H groups in total. The first kappa shape index (κ1) is 19.6. The lowest BCUT2D eigenvalue weighted by Gasteiger charge is -2.29. The molecule has 1 aliphatic rings. The molecule has 0 spiro atoms. The number of aromatic nitrogens is 4. The van der Waals surface area contributed by atoms with Gasteiger partial charge >= 0.3 is 0 Å². The van der Waals surface area contributed by atoms with Crippen LogP contribution >= 0.6 is 22.9 Å². The lowest BCUT2D eigenvalue weighted by molar-refractivity contribution is -0.118. The highest BCUT2D eigenvalue weighted by molar-refractivity contribution is 7.10. The third-order valence-electron chi connectivity index (χ3n) is 5.08. The van der Waals surface area contributed by atoms with Crippen LogP contribution in [0.3, 0.4) is 0 Å². The van der Waals surface area contributed by atoms with Crippen LogP contribution in [-0.2, 0) is 4.79 Å². The number of nitrogens with zero attached hydrogens (tertiary/aromatic N) is 5. The molecule has 0 radical (unpaired) electrons. The number of hydrogen-bond acceptors (Lipinski definition) is 6. The minimum atomic E-state index is -0.549. The smallest absolute Gasteiger partial charge is 0.248 e. The molecule has 0 saturated heterocycles. The molecule has 1 aromatic carbocycles. The number of pyridine rings is 1. The Bertz CT molecular complexity index is 1270. The van der Waals surface area contributed by atoms with Crippen LogP contribution in [0.4, 0.5) is 11.6 Å². The topological polar surface area (TPSA) is 85.1 Å². The van der Waals surface area contributed by atoms with Crippen LogP contribution in [0.25, 0.3) is 11.4 Å². The van der Waals surface area contributed by atoms with Gasteiger partial charge < -0.3 is 5.32 Å². The summed E-state index contributed by atoms with van der Waals surface area (Å²) in [6, 6.07) is 14.6. The van der Waals surface area contributed by atoms with Gasteiger partial charge in [0.2, 0.25) is 11.9 Å². The number of carbonyl (C=O) groups excluding carboxylic acids is 1. The van der Waals surface area contributed by atoms with E-state index < -0.39 is 5.92 Å². The average molecular weight is 449 g/mol. The Morgan fingerprint density at radius 1 is 1.16 bits per heavy atom. The number of fused-ring (bicyclic) bond motifs is 1. The molecule has 0 saturated carbocycles. The molecule has 4 aromatic rings. The Balaban J connectivity index is 1.59. The molecule has 9 heteroatoms. The highest BCUT2D eigenvalue weighted by Crippen LogP contribution is 2.39. The van der Waals surface area contributed by atoms with Crippen molar-refractivity contribution in [2.24, 2.45) is 10.9 Å². The van der Waals surface area contributed by atoms with Crippen LogP contribution in [-0.4, -0.2) is 31.4 Å². The summed E-state index contributed by atoms with van der Waals surface area (Å²) in [6.07, 6.45) is 3.28. The fourth-order valence-corrected chi connectivity index (χ4v) is 4.73. The number of hydrogen-bond donors (Lipinski definition) is 1. The van der Waals surface area contributed by atoms with E-state index in [1.54, 1.807) is 46.6 Å². The van der Waals surface area contributed by atoms with Gasteiger partial charge in [-0.3, -0.25) is 9.78 Å². The molecule has 1 amide bonds. The first-order valence-electron chi connectivity index (χ1n) is 9.63. The lowest BCUT2D eigenvalue weighted by Crippen LogP contribution is -2.38. The number of benzene rings is 1. The zero-order chi connectivity index (χ0) is 21.4. The van der Waals surface area contributed by atoms with E-state index in [2.05, 4.69) is 20.3 Å². The quantitative estimate of drug-likeness (QED) is 0.475. The third-order valence-corrected chi connectivity index (χ3v) is 6.35. The van der Waals surface area contributed by atoms with Gasteiger partial charge in [0.05, 0.1) is 16.9 Å². The predicted octanol–water partition coefficient (Wildman–Crippen LogP) is 5.01. The Morgan fingerprint density at radius 2 is 2.03 bits per heavy atom. The largest absolute Gasteiger partial charge is 0.324 e. The molecule has 5 rings (SSSR count). The van der Waals surface area contributed by atoms with Crippen LogP contribution in [0, 0.1) is 5.92 Å². The van der Waals surface area contributed by atoms with Gasteiger partial charge in [0, 0.05) is 22.3 Å². The first-order chi connectivity index (χ1) is 15.1. The number of nitrogens with one attached hydrogen (secondary N) is 1. The van der Waals surface area contributed by atoms with E-state index in [1.807, 2.05) is 42.6 Å². The van der Waals surface area contributed by atoms with Crippen molar-refractivity contribution in [1.29, 1.82) is 0 Å². The maximum atomic E-state index is 13.3. The summed E-state index contributed by atoms with van der Waals surface area (Å²) in [5, 5.41) is 10.2. The van der Waals surface area contributed by atoms with Crippen LogP contribution in [0.15, 0.2) is 71.3 Å². The molecule has 3 aromatic heterocycles. The second-order valence-electron chi connectivity index (χ2n) is 7.08. The highest BCUT2D eigenvalue weighted by atomic mass is 35.5. The average Bonchev–Trinajstić information content (AvgIpc) is 3.43. The van der Waals surface area contributed by atoms with Gasteiger partial charge in [-0.15, -0.1) is 16.4 Å². The van der Waals surface area contributed by atoms with Crippen LogP contribution in [0.2, 0.25) is 5.02 Å². The molecule has 2 atom stereocenters. The van der Waals surface area contributed by atoms with E-state index in [0.29, 0.717) is 28.2 Å². The number of halogens is 1. The van der Waals surface area contributed by atoms with Gasteiger partial charge in [0.15, 0.2) is 5.82 Å². The Kier molecular flexibility index (Phi) is 5.09. The van der Waals surface area contributed by atoms with E-state index >= 15 is 0 Å². The molecular formula is C22H17ClN6OS. The Labute approximate surface area is 187 Å². The predicted molar refractivity (Wildman–Crippen MR) is 122 cm³/mol. The van der Waals surface area contributed by atoms with Gasteiger partial charge in [0.25, 0.3) is 0 Å². The van der Waals surface area contributed by atoms with Crippen molar-refractivity contribution in [2.75, 3.05) is 5.32 Å². The maximum Gasteiger partial charge on any atom is 0.248 e. The van der Waals surface area contributed by atoms with E-state index in [9.17, 15) is 4.79 Å². The summed E-state index contributed by atoms with van der Waals surface area (Å²) >= 11 is 7.93. The van der Waals surface area contributed by atoms with E-state index in [4.69, 9.17) is 16.7 Å². The molecular weight excluding hydrogens is 432 g/mol. The molecule has 0 aliphatic carbocycles. The molecule has 2 unspecified atom stereocenters. The zero-order valence-corrected chi connectivity index (χ0v) is 18.0. The van der Waals surface area contributed by atoms with Gasteiger partial charge in [-0.25, -0.2) is 9.67 Å². The van der Waals surface area contributed by atoms with Gasteiger partial charge in [0.1, 0.15) is 12.0 Å². The summed E-state index contributed by atoms with van der Waals surface area (Å²) in [6.45, 7) is 1.85. The lowest BCUT2D eigenvalue weighted by atomic mass is 9.91. The van der Waals surface area contributed by atoms with Crippen molar-refractivity contribution < 1.29 is 4.79 Å². The minimum Gasteiger partial charge on any atom is -0.324 e. The maximum absolute atomic E-state index is 13.3. The highest BCUT2D eigenvalue weighted by Gasteiger charge is 2.40. The van der Waals surface area contributed by atoms with Crippen molar-refractivity contribution in [2.45, 2.75) is 13.0 Å². The summed E-state index contributed by atoms with van der Waals surface area (Å²) < 4.78 is 1.73. The second kappa shape index (κ2) is 8.05. The molecule has 31 heavy (non-hydrogen) atoms. The Morgan fingerprint density at radius 3 is 2.77 bits per heavy atom.